The number of methoxy groups -OCH3 is 1. The number of nitrogens with one attached hydrogen (secondary N) is 1. The molecule has 0 saturated heterocycles. The highest BCUT2D eigenvalue weighted by Gasteiger charge is 2.25. The largest absolute Gasteiger partial charge is 0.490 e. The fourth-order valence-electron chi connectivity index (χ4n) is 1.95. The number of aliphatic carboxylic acids is 1. The van der Waals surface area contributed by atoms with Crippen molar-refractivity contribution < 1.29 is 29.1 Å². The second kappa shape index (κ2) is 8.70. The van der Waals surface area contributed by atoms with Gasteiger partial charge in [-0.3, -0.25) is 14.9 Å². The van der Waals surface area contributed by atoms with Crippen LogP contribution in [0.3, 0.4) is 0 Å². The predicted molar refractivity (Wildman–Crippen MR) is 84.2 cm³/mol. The van der Waals surface area contributed by atoms with Crippen LogP contribution in [0.4, 0.5) is 5.69 Å². The first-order valence-corrected chi connectivity index (χ1v) is 7.27. The lowest BCUT2D eigenvalue weighted by Gasteiger charge is -2.20. The Hall–Kier alpha value is -2.84. The average Bonchev–Trinajstić information content (AvgIpc) is 2.56. The molecule has 9 nitrogen and oxygen atoms in total. The van der Waals surface area contributed by atoms with E-state index in [0.29, 0.717) is 6.42 Å². The van der Waals surface area contributed by atoms with Crippen molar-refractivity contribution >= 4 is 17.6 Å². The van der Waals surface area contributed by atoms with E-state index in [2.05, 4.69) is 5.32 Å². The van der Waals surface area contributed by atoms with Crippen molar-refractivity contribution in [2.75, 3.05) is 13.7 Å². The van der Waals surface area contributed by atoms with Gasteiger partial charge in [-0.05, 0) is 12.0 Å². The number of carboxylic acids is 1. The molecular weight excluding hydrogens is 320 g/mol. The first-order valence-electron chi connectivity index (χ1n) is 7.27. The van der Waals surface area contributed by atoms with E-state index in [1.165, 1.54) is 25.3 Å². The molecular formula is C15H20N2O7. The molecule has 1 rings (SSSR count). The lowest BCUT2D eigenvalue weighted by atomic mass is 9.99. The van der Waals surface area contributed by atoms with E-state index in [4.69, 9.17) is 14.6 Å². The quantitative estimate of drug-likeness (QED) is 0.516. The topological polar surface area (TPSA) is 128 Å². The number of nitro benzene ring substituents is 1. The molecule has 0 bridgehead atoms. The Labute approximate surface area is 138 Å². The van der Waals surface area contributed by atoms with Gasteiger partial charge < -0.3 is 19.9 Å². The van der Waals surface area contributed by atoms with Crippen LogP contribution in [0, 0.1) is 16.0 Å². The number of nitro groups is 1. The summed E-state index contributed by atoms with van der Waals surface area (Å²) in [6, 6.07) is 2.81. The zero-order valence-corrected chi connectivity index (χ0v) is 13.6. The lowest BCUT2D eigenvalue weighted by molar-refractivity contribution is -0.385. The minimum Gasteiger partial charge on any atom is -0.490 e. The van der Waals surface area contributed by atoms with Crippen LogP contribution in [-0.4, -0.2) is 41.7 Å². The molecule has 24 heavy (non-hydrogen) atoms. The molecule has 0 aliphatic carbocycles. The highest BCUT2D eigenvalue weighted by molar-refractivity contribution is 5.84. The van der Waals surface area contributed by atoms with Crippen molar-refractivity contribution in [3.8, 4) is 11.5 Å². The van der Waals surface area contributed by atoms with Crippen molar-refractivity contribution in [3.63, 3.8) is 0 Å². The molecule has 0 fully saturated rings. The summed E-state index contributed by atoms with van der Waals surface area (Å²) < 4.78 is 10.1. The van der Waals surface area contributed by atoms with E-state index in [0.717, 1.165) is 0 Å². The molecule has 0 aliphatic heterocycles. The van der Waals surface area contributed by atoms with Gasteiger partial charge in [-0.25, -0.2) is 4.79 Å². The van der Waals surface area contributed by atoms with Crippen LogP contribution in [0.1, 0.15) is 20.3 Å². The number of ether oxygens (including phenoxy) is 2. The Bertz CT molecular complexity index is 618. The zero-order valence-electron chi connectivity index (χ0n) is 13.6. The summed E-state index contributed by atoms with van der Waals surface area (Å²) in [5, 5.41) is 22.3. The van der Waals surface area contributed by atoms with Crippen LogP contribution in [0.5, 0.6) is 11.5 Å². The maximum atomic E-state index is 11.8. The summed E-state index contributed by atoms with van der Waals surface area (Å²) in [5.41, 5.74) is -0.225. The third kappa shape index (κ3) is 5.11. The highest BCUT2D eigenvalue weighted by Crippen LogP contribution is 2.30. The van der Waals surface area contributed by atoms with E-state index >= 15 is 0 Å². The standard InChI is InChI=1S/C15H20N2O7/c1-4-9(2)14(15(19)20)16-13(18)8-24-10-5-6-11(17(21)22)12(7-10)23-3/h5-7,9,14H,4,8H2,1-3H3,(H,16,18)(H,19,20). The highest BCUT2D eigenvalue weighted by atomic mass is 16.6. The number of hydrogen-bond acceptors (Lipinski definition) is 6. The average molecular weight is 340 g/mol. The molecule has 1 aromatic rings. The van der Waals surface area contributed by atoms with E-state index in [1.54, 1.807) is 6.92 Å². The second-order valence-corrected chi connectivity index (χ2v) is 5.15. The third-order valence-corrected chi connectivity index (χ3v) is 3.51. The number of benzene rings is 1. The number of carbonyl (C=O) groups is 2. The summed E-state index contributed by atoms with van der Waals surface area (Å²) in [5.74, 6) is -1.75. The van der Waals surface area contributed by atoms with Gasteiger partial charge in [0.2, 0.25) is 5.75 Å². The summed E-state index contributed by atoms with van der Waals surface area (Å²) >= 11 is 0. The van der Waals surface area contributed by atoms with Gasteiger partial charge in [0.1, 0.15) is 11.8 Å². The predicted octanol–water partition coefficient (Wildman–Crippen LogP) is 1.60. The zero-order chi connectivity index (χ0) is 18.3. The lowest BCUT2D eigenvalue weighted by Crippen LogP contribution is -2.46. The molecule has 132 valence electrons. The summed E-state index contributed by atoms with van der Waals surface area (Å²) in [6.45, 7) is 3.13. The van der Waals surface area contributed by atoms with Gasteiger partial charge >= 0.3 is 11.7 Å². The molecule has 0 aliphatic rings. The van der Waals surface area contributed by atoms with Crippen LogP contribution < -0.4 is 14.8 Å². The van der Waals surface area contributed by atoms with Gasteiger partial charge in [0.05, 0.1) is 12.0 Å². The molecule has 0 aromatic heterocycles. The van der Waals surface area contributed by atoms with Gasteiger partial charge in [-0.2, -0.15) is 0 Å². The van der Waals surface area contributed by atoms with Gasteiger partial charge in [-0.1, -0.05) is 20.3 Å². The molecule has 2 atom stereocenters. The van der Waals surface area contributed by atoms with Crippen LogP contribution in [0.2, 0.25) is 0 Å². The van der Waals surface area contributed by atoms with Gasteiger partial charge in [-0.15, -0.1) is 0 Å². The normalized spacial score (nSPS) is 12.8. The Balaban J connectivity index is 2.70. The number of hydrogen-bond donors (Lipinski definition) is 2. The Morgan fingerprint density at radius 1 is 1.42 bits per heavy atom. The van der Waals surface area contributed by atoms with E-state index in [9.17, 15) is 19.7 Å². The van der Waals surface area contributed by atoms with Crippen molar-refractivity contribution in [2.24, 2.45) is 5.92 Å². The van der Waals surface area contributed by atoms with E-state index in [-0.39, 0.29) is 23.1 Å². The Morgan fingerprint density at radius 2 is 2.08 bits per heavy atom. The first kappa shape index (κ1) is 19.2. The van der Waals surface area contributed by atoms with Crippen LogP contribution in [-0.2, 0) is 9.59 Å². The molecule has 0 heterocycles. The van der Waals surface area contributed by atoms with E-state index in [1.807, 2.05) is 6.92 Å². The van der Waals surface area contributed by atoms with Crippen LogP contribution in [0.15, 0.2) is 18.2 Å². The van der Waals surface area contributed by atoms with Gasteiger partial charge in [0.15, 0.2) is 6.61 Å². The summed E-state index contributed by atoms with van der Waals surface area (Å²) in [7, 11) is 1.28. The summed E-state index contributed by atoms with van der Waals surface area (Å²) in [4.78, 5) is 33.2. The van der Waals surface area contributed by atoms with Crippen molar-refractivity contribution in [1.29, 1.82) is 0 Å². The molecule has 1 amide bonds. The number of carboxylic acid groups (broad SMARTS) is 1. The molecule has 9 heteroatoms. The van der Waals surface area contributed by atoms with Crippen molar-refractivity contribution in [3.05, 3.63) is 28.3 Å². The fraction of sp³-hybridized carbons (Fsp3) is 0.467. The molecule has 0 spiro atoms. The molecule has 2 unspecified atom stereocenters. The fourth-order valence-corrected chi connectivity index (χ4v) is 1.95. The number of rotatable bonds is 9. The van der Waals surface area contributed by atoms with Crippen molar-refractivity contribution in [2.45, 2.75) is 26.3 Å². The maximum absolute atomic E-state index is 11.8. The monoisotopic (exact) mass is 340 g/mol. The minimum atomic E-state index is -1.12. The van der Waals surface area contributed by atoms with Crippen LogP contribution in [0.25, 0.3) is 0 Å². The van der Waals surface area contributed by atoms with Crippen molar-refractivity contribution in [1.82, 2.24) is 5.32 Å². The number of nitrogens with zero attached hydrogens (tertiary/aromatic N) is 1. The maximum Gasteiger partial charge on any atom is 0.326 e. The first-order chi connectivity index (χ1) is 11.3. The number of amides is 1. The Morgan fingerprint density at radius 3 is 2.58 bits per heavy atom. The van der Waals surface area contributed by atoms with Gasteiger partial charge in [0.25, 0.3) is 5.91 Å². The molecule has 2 N–H and O–H groups in total. The van der Waals surface area contributed by atoms with Gasteiger partial charge in [0, 0.05) is 12.1 Å². The SMILES string of the molecule is CCC(C)C(NC(=O)COc1ccc([N+](=O)[O-])c(OC)c1)C(=O)O. The smallest absolute Gasteiger partial charge is 0.326 e. The van der Waals surface area contributed by atoms with E-state index < -0.39 is 29.4 Å². The Kier molecular flexibility index (Phi) is 6.97. The molecule has 0 saturated carbocycles. The molecule has 0 radical (unpaired) electrons. The summed E-state index contributed by atoms with van der Waals surface area (Å²) in [6.07, 6.45) is 0.595. The number of carbonyl (C=O) groups excluding carboxylic acids is 1. The minimum absolute atomic E-state index is 0.000857. The molecule has 1 aromatic carbocycles. The second-order valence-electron chi connectivity index (χ2n) is 5.15. The van der Waals surface area contributed by atoms with Crippen LogP contribution >= 0.6 is 0 Å². The third-order valence-electron chi connectivity index (χ3n) is 3.51.